The monoisotopic (exact) mass is 190 g/mol. The molecule has 0 amide bonds. The van der Waals surface area contributed by atoms with Crippen LogP contribution in [-0.2, 0) is 0 Å². The maximum atomic E-state index is 11.8. The first kappa shape index (κ1) is 12.8. The normalized spacial score (nSPS) is 12.5. The highest BCUT2D eigenvalue weighted by Gasteiger charge is 2.18. The Morgan fingerprint density at radius 1 is 1.23 bits per heavy atom. The van der Waals surface area contributed by atoms with Crippen molar-refractivity contribution in [2.24, 2.45) is 0 Å². The van der Waals surface area contributed by atoms with Crippen molar-refractivity contribution in [1.29, 1.82) is 0 Å². The molecule has 1 N–H and O–H groups in total. The first-order chi connectivity index (χ1) is 6.02. The fourth-order valence-electron chi connectivity index (χ4n) is 1.37. The van der Waals surface area contributed by atoms with Crippen LogP contribution in [0.3, 0.4) is 0 Å². The number of hydrogen-bond acceptors (Lipinski definition) is 2. The summed E-state index contributed by atoms with van der Waals surface area (Å²) in [5, 5.41) is 3.06. The van der Waals surface area contributed by atoms with Crippen LogP contribution in [0.25, 0.3) is 0 Å². The first-order valence-corrected chi connectivity index (χ1v) is 5.04. The summed E-state index contributed by atoms with van der Waals surface area (Å²) >= 11 is 0. The molecule has 2 nitrogen and oxygen atoms in total. The van der Waals surface area contributed by atoms with E-state index in [1.807, 2.05) is 0 Å². The lowest BCUT2D eigenvalue weighted by Crippen LogP contribution is -2.44. The average Bonchev–Trinajstić information content (AvgIpc) is 2.02. The van der Waals surface area contributed by atoms with E-state index in [0.29, 0.717) is 6.54 Å². The number of alkyl halides is 1. The van der Waals surface area contributed by atoms with Gasteiger partial charge in [-0.25, -0.2) is 4.39 Å². The third-order valence-electron chi connectivity index (χ3n) is 2.16. The minimum atomic E-state index is -0.276. The molecule has 0 radical (unpaired) electrons. The van der Waals surface area contributed by atoms with Crippen LogP contribution in [0.2, 0.25) is 0 Å². The molecule has 0 bridgehead atoms. The van der Waals surface area contributed by atoms with Gasteiger partial charge in [0, 0.05) is 25.2 Å². The summed E-state index contributed by atoms with van der Waals surface area (Å²) in [6.07, 6.45) is 0. The Morgan fingerprint density at radius 2 is 1.85 bits per heavy atom. The summed E-state index contributed by atoms with van der Waals surface area (Å²) in [6.45, 7) is 11.8. The molecular weight excluding hydrogens is 167 g/mol. The molecule has 0 saturated heterocycles. The summed E-state index contributed by atoms with van der Waals surface area (Å²) in [6, 6.07) is 0. The van der Waals surface area contributed by atoms with Gasteiger partial charge < -0.3 is 5.32 Å². The maximum absolute atomic E-state index is 11.8. The Labute approximate surface area is 81.5 Å². The Bertz CT molecular complexity index is 121. The molecule has 0 aliphatic rings. The molecule has 3 heteroatoms. The first-order valence-electron chi connectivity index (χ1n) is 5.04. The molecule has 0 aromatic rings. The lowest BCUT2D eigenvalue weighted by Gasteiger charge is -2.34. The van der Waals surface area contributed by atoms with Gasteiger partial charge in [-0.05, 0) is 27.3 Å². The van der Waals surface area contributed by atoms with Crippen LogP contribution in [0.5, 0.6) is 0 Å². The van der Waals surface area contributed by atoms with Crippen molar-refractivity contribution in [2.45, 2.75) is 33.2 Å². The van der Waals surface area contributed by atoms with Crippen molar-refractivity contribution in [3.05, 3.63) is 0 Å². The molecule has 0 spiro atoms. The van der Waals surface area contributed by atoms with E-state index in [2.05, 4.69) is 37.9 Å². The van der Waals surface area contributed by atoms with Crippen LogP contribution in [0.4, 0.5) is 4.39 Å². The van der Waals surface area contributed by atoms with Crippen LogP contribution in [0, 0.1) is 0 Å². The molecule has 0 aliphatic carbocycles. The summed E-state index contributed by atoms with van der Waals surface area (Å²) in [4.78, 5) is 2.37. The largest absolute Gasteiger partial charge is 0.313 e. The summed E-state index contributed by atoms with van der Waals surface area (Å²) < 4.78 is 11.8. The molecule has 0 fully saturated rings. The molecule has 0 saturated carbocycles. The van der Waals surface area contributed by atoms with Gasteiger partial charge in [0.15, 0.2) is 0 Å². The minimum Gasteiger partial charge on any atom is -0.313 e. The van der Waals surface area contributed by atoms with Crippen molar-refractivity contribution in [1.82, 2.24) is 10.2 Å². The van der Waals surface area contributed by atoms with Gasteiger partial charge in [-0.15, -0.1) is 0 Å². The Hall–Kier alpha value is -0.150. The van der Waals surface area contributed by atoms with Gasteiger partial charge in [-0.3, -0.25) is 4.90 Å². The van der Waals surface area contributed by atoms with E-state index >= 15 is 0 Å². The van der Waals surface area contributed by atoms with Crippen LogP contribution >= 0.6 is 0 Å². The number of nitrogens with one attached hydrogen (secondary N) is 1. The second-order valence-electron chi connectivity index (χ2n) is 4.19. The molecule has 0 atom stereocenters. The van der Waals surface area contributed by atoms with Gasteiger partial charge in [-0.1, -0.05) is 6.92 Å². The lowest BCUT2D eigenvalue weighted by molar-refractivity contribution is 0.145. The Balaban J connectivity index is 3.61. The quantitative estimate of drug-likeness (QED) is 0.641. The predicted molar refractivity (Wildman–Crippen MR) is 55.8 cm³/mol. The van der Waals surface area contributed by atoms with Crippen molar-refractivity contribution in [3.8, 4) is 0 Å². The predicted octanol–water partition coefficient (Wildman–Crippen LogP) is 1.67. The molecule has 0 aromatic carbocycles. The van der Waals surface area contributed by atoms with Crippen molar-refractivity contribution < 1.29 is 4.39 Å². The third kappa shape index (κ3) is 5.99. The molecule has 0 unspecified atom stereocenters. The van der Waals surface area contributed by atoms with Gasteiger partial charge in [0.25, 0.3) is 0 Å². The molecule has 80 valence electrons. The molecular formula is C10H23FN2. The van der Waals surface area contributed by atoms with Gasteiger partial charge in [0.2, 0.25) is 0 Å². The molecule has 0 rings (SSSR count). The maximum Gasteiger partial charge on any atom is 0.102 e. The van der Waals surface area contributed by atoms with E-state index in [1.165, 1.54) is 0 Å². The van der Waals surface area contributed by atoms with Crippen molar-refractivity contribution in [2.75, 3.05) is 32.9 Å². The lowest BCUT2D eigenvalue weighted by atomic mass is 10.1. The average molecular weight is 190 g/mol. The zero-order chi connectivity index (χ0) is 10.3. The van der Waals surface area contributed by atoms with Gasteiger partial charge in [0.1, 0.15) is 6.67 Å². The van der Waals surface area contributed by atoms with E-state index in [-0.39, 0.29) is 12.2 Å². The van der Waals surface area contributed by atoms with Crippen molar-refractivity contribution in [3.63, 3.8) is 0 Å². The van der Waals surface area contributed by atoms with Crippen LogP contribution < -0.4 is 5.32 Å². The highest BCUT2D eigenvalue weighted by molar-refractivity contribution is 4.75. The number of likely N-dealkylation sites (N-methyl/N-ethyl adjacent to an activating group) is 1. The van der Waals surface area contributed by atoms with Crippen molar-refractivity contribution >= 4 is 0 Å². The van der Waals surface area contributed by atoms with Crippen LogP contribution in [0.15, 0.2) is 0 Å². The molecule has 13 heavy (non-hydrogen) atoms. The fraction of sp³-hybridized carbons (Fsp3) is 1.00. The number of halogens is 1. The van der Waals surface area contributed by atoms with E-state index < -0.39 is 0 Å². The Morgan fingerprint density at radius 3 is 2.23 bits per heavy atom. The zero-order valence-corrected chi connectivity index (χ0v) is 9.36. The number of hydrogen-bond donors (Lipinski definition) is 1. The zero-order valence-electron chi connectivity index (χ0n) is 9.36. The highest BCUT2D eigenvalue weighted by Crippen LogP contribution is 2.11. The SMILES string of the molecule is CCN(CCNCCF)C(C)(C)C. The summed E-state index contributed by atoms with van der Waals surface area (Å²) in [5.74, 6) is 0. The third-order valence-corrected chi connectivity index (χ3v) is 2.16. The summed E-state index contributed by atoms with van der Waals surface area (Å²) in [7, 11) is 0. The van der Waals surface area contributed by atoms with E-state index in [0.717, 1.165) is 19.6 Å². The number of nitrogens with zero attached hydrogens (tertiary/aromatic N) is 1. The van der Waals surface area contributed by atoms with E-state index in [1.54, 1.807) is 0 Å². The smallest absolute Gasteiger partial charge is 0.102 e. The van der Waals surface area contributed by atoms with Crippen LogP contribution in [0.1, 0.15) is 27.7 Å². The molecule has 0 aromatic heterocycles. The van der Waals surface area contributed by atoms with E-state index in [4.69, 9.17) is 0 Å². The van der Waals surface area contributed by atoms with Gasteiger partial charge in [-0.2, -0.15) is 0 Å². The molecule has 0 heterocycles. The topological polar surface area (TPSA) is 15.3 Å². The van der Waals surface area contributed by atoms with Crippen LogP contribution in [-0.4, -0.2) is 43.3 Å². The van der Waals surface area contributed by atoms with Gasteiger partial charge >= 0.3 is 0 Å². The second-order valence-corrected chi connectivity index (χ2v) is 4.19. The summed E-state index contributed by atoms with van der Waals surface area (Å²) in [5.41, 5.74) is 0.214. The second kappa shape index (κ2) is 6.33. The Kier molecular flexibility index (Phi) is 6.25. The van der Waals surface area contributed by atoms with E-state index in [9.17, 15) is 4.39 Å². The fourth-order valence-corrected chi connectivity index (χ4v) is 1.37. The van der Waals surface area contributed by atoms with Gasteiger partial charge in [0.05, 0.1) is 0 Å². The standard InChI is InChI=1S/C10H23FN2/c1-5-13(10(2,3)4)9-8-12-7-6-11/h12H,5-9H2,1-4H3. The minimum absolute atomic E-state index is 0.214. The molecule has 0 aliphatic heterocycles. The number of rotatable bonds is 6. The highest BCUT2D eigenvalue weighted by atomic mass is 19.1.